The first-order chi connectivity index (χ1) is 10.1. The highest BCUT2D eigenvalue weighted by molar-refractivity contribution is 9.10. The van der Waals surface area contributed by atoms with Gasteiger partial charge in [-0.3, -0.25) is 4.79 Å². The largest absolute Gasteiger partial charge is 0.392 e. The minimum atomic E-state index is -0.396. The van der Waals surface area contributed by atoms with Gasteiger partial charge in [-0.1, -0.05) is 0 Å². The first kappa shape index (κ1) is 14.7. The van der Waals surface area contributed by atoms with Crippen LogP contribution in [0.3, 0.4) is 0 Å². The van der Waals surface area contributed by atoms with Crippen molar-refractivity contribution in [3.05, 3.63) is 22.8 Å². The van der Waals surface area contributed by atoms with Gasteiger partial charge in [0.2, 0.25) is 5.91 Å². The number of aliphatic hydroxyl groups is 1. The molecule has 114 valence electrons. The predicted molar refractivity (Wildman–Crippen MR) is 83.1 cm³/mol. The first-order valence-electron chi connectivity index (χ1n) is 7.20. The molecule has 0 unspecified atom stereocenters. The van der Waals surface area contributed by atoms with Gasteiger partial charge in [-0.05, 0) is 34.5 Å². The van der Waals surface area contributed by atoms with Crippen LogP contribution in [0.15, 0.2) is 22.8 Å². The number of aromatic nitrogens is 1. The number of pyridine rings is 1. The maximum absolute atomic E-state index is 12.3. The quantitative estimate of drug-likeness (QED) is 0.794. The number of nitrogens with zero attached hydrogens (tertiary/aromatic N) is 3. The average molecular weight is 355 g/mol. The van der Waals surface area contributed by atoms with Crippen LogP contribution < -0.4 is 10.2 Å². The Morgan fingerprint density at radius 2 is 2.10 bits per heavy atom. The van der Waals surface area contributed by atoms with Crippen LogP contribution in [0.4, 0.5) is 5.82 Å². The molecule has 6 nitrogen and oxygen atoms in total. The number of halogens is 1. The molecule has 1 amide bonds. The molecule has 1 aromatic rings. The van der Waals surface area contributed by atoms with Crippen molar-refractivity contribution in [3.8, 4) is 0 Å². The van der Waals surface area contributed by atoms with Crippen LogP contribution in [0, 0.1) is 0 Å². The van der Waals surface area contributed by atoms with E-state index in [1.165, 1.54) is 0 Å². The zero-order valence-electron chi connectivity index (χ0n) is 11.7. The van der Waals surface area contributed by atoms with Crippen molar-refractivity contribution in [1.82, 2.24) is 15.2 Å². The maximum atomic E-state index is 12.3. The van der Waals surface area contributed by atoms with Crippen LogP contribution in [-0.2, 0) is 4.79 Å². The SMILES string of the molecule is O=C([C@H]1C[C@@H](O)CN1)N1CCN(c2ccc(Br)cn2)CC1. The molecule has 2 N–H and O–H groups in total. The van der Waals surface area contributed by atoms with E-state index in [0.29, 0.717) is 26.1 Å². The number of carbonyl (C=O) groups excluding carboxylic acids is 1. The zero-order valence-corrected chi connectivity index (χ0v) is 13.3. The van der Waals surface area contributed by atoms with Crippen LogP contribution >= 0.6 is 15.9 Å². The standard InChI is InChI=1S/C14H19BrN4O2/c15-10-1-2-13(17-8-10)18-3-5-19(6-4-18)14(21)12-7-11(20)9-16-12/h1-2,8,11-12,16,20H,3-7,9H2/t11-,12-/m1/s1. The Morgan fingerprint density at radius 3 is 2.67 bits per heavy atom. The smallest absolute Gasteiger partial charge is 0.239 e. The van der Waals surface area contributed by atoms with Gasteiger partial charge < -0.3 is 20.2 Å². The molecule has 2 saturated heterocycles. The number of rotatable bonds is 2. The summed E-state index contributed by atoms with van der Waals surface area (Å²) in [4.78, 5) is 20.8. The summed E-state index contributed by atoms with van der Waals surface area (Å²) in [5, 5.41) is 12.6. The lowest BCUT2D eigenvalue weighted by molar-refractivity contribution is -0.133. The number of carbonyl (C=O) groups is 1. The second-order valence-corrected chi connectivity index (χ2v) is 6.41. The Hall–Kier alpha value is -1.18. The number of nitrogens with one attached hydrogen (secondary N) is 1. The minimum absolute atomic E-state index is 0.106. The van der Waals surface area contributed by atoms with Gasteiger partial charge in [-0.15, -0.1) is 0 Å². The average Bonchev–Trinajstić information content (AvgIpc) is 2.94. The highest BCUT2D eigenvalue weighted by Crippen LogP contribution is 2.17. The number of aliphatic hydroxyl groups excluding tert-OH is 1. The van der Waals surface area contributed by atoms with E-state index < -0.39 is 6.10 Å². The van der Waals surface area contributed by atoms with Gasteiger partial charge in [-0.25, -0.2) is 4.98 Å². The van der Waals surface area contributed by atoms with Crippen molar-refractivity contribution in [2.75, 3.05) is 37.6 Å². The molecular weight excluding hydrogens is 336 g/mol. The van der Waals surface area contributed by atoms with E-state index in [1.807, 2.05) is 17.0 Å². The summed E-state index contributed by atoms with van der Waals surface area (Å²) in [6.07, 6.45) is 1.91. The summed E-state index contributed by atoms with van der Waals surface area (Å²) >= 11 is 3.38. The first-order valence-corrected chi connectivity index (χ1v) is 7.99. The molecule has 3 rings (SSSR count). The van der Waals surface area contributed by atoms with Crippen molar-refractivity contribution in [2.45, 2.75) is 18.6 Å². The van der Waals surface area contributed by atoms with Gasteiger partial charge in [0.25, 0.3) is 0 Å². The Morgan fingerprint density at radius 1 is 1.33 bits per heavy atom. The number of anilines is 1. The van der Waals surface area contributed by atoms with Gasteiger partial charge in [-0.2, -0.15) is 0 Å². The summed E-state index contributed by atoms with van der Waals surface area (Å²) in [5.41, 5.74) is 0. The number of amides is 1. The van der Waals surface area contributed by atoms with Crippen LogP contribution in [0.5, 0.6) is 0 Å². The summed E-state index contributed by atoms with van der Waals surface area (Å²) in [6.45, 7) is 3.49. The second-order valence-electron chi connectivity index (χ2n) is 5.50. The van der Waals surface area contributed by atoms with E-state index in [-0.39, 0.29) is 11.9 Å². The molecule has 7 heteroatoms. The van der Waals surface area contributed by atoms with E-state index >= 15 is 0 Å². The molecule has 2 atom stereocenters. The molecule has 1 aromatic heterocycles. The van der Waals surface area contributed by atoms with Gasteiger partial charge in [0.05, 0.1) is 12.1 Å². The van der Waals surface area contributed by atoms with E-state index in [9.17, 15) is 9.90 Å². The normalized spacial score (nSPS) is 26.2. The van der Waals surface area contributed by atoms with E-state index in [2.05, 4.69) is 31.1 Å². The minimum Gasteiger partial charge on any atom is -0.392 e. The van der Waals surface area contributed by atoms with Crippen LogP contribution in [0.25, 0.3) is 0 Å². The molecule has 2 aliphatic heterocycles. The second kappa shape index (κ2) is 6.29. The van der Waals surface area contributed by atoms with Crippen molar-refractivity contribution in [3.63, 3.8) is 0 Å². The van der Waals surface area contributed by atoms with Crippen LogP contribution in [0.1, 0.15) is 6.42 Å². The third-order valence-electron chi connectivity index (χ3n) is 4.03. The van der Waals surface area contributed by atoms with Gasteiger partial charge >= 0.3 is 0 Å². The van der Waals surface area contributed by atoms with Crippen molar-refractivity contribution in [1.29, 1.82) is 0 Å². The fourth-order valence-corrected chi connectivity index (χ4v) is 3.07. The lowest BCUT2D eigenvalue weighted by Crippen LogP contribution is -2.53. The maximum Gasteiger partial charge on any atom is 0.239 e. The molecule has 0 aromatic carbocycles. The van der Waals surface area contributed by atoms with Crippen molar-refractivity contribution >= 4 is 27.7 Å². The Kier molecular flexibility index (Phi) is 4.42. The van der Waals surface area contributed by atoms with E-state index in [4.69, 9.17) is 0 Å². The summed E-state index contributed by atoms with van der Waals surface area (Å²) in [5.74, 6) is 1.05. The predicted octanol–water partition coefficient (Wildman–Crippen LogP) is 0.216. The topological polar surface area (TPSA) is 68.7 Å². The molecule has 21 heavy (non-hydrogen) atoms. The molecule has 0 bridgehead atoms. The molecule has 0 spiro atoms. The Labute approximate surface area is 132 Å². The summed E-state index contributed by atoms with van der Waals surface area (Å²) in [7, 11) is 0. The summed E-state index contributed by atoms with van der Waals surface area (Å²) in [6, 6.07) is 3.73. The third kappa shape index (κ3) is 3.36. The number of hydrogen-bond acceptors (Lipinski definition) is 5. The van der Waals surface area contributed by atoms with E-state index in [1.54, 1.807) is 6.20 Å². The van der Waals surface area contributed by atoms with Crippen molar-refractivity contribution in [2.24, 2.45) is 0 Å². The summed E-state index contributed by atoms with van der Waals surface area (Å²) < 4.78 is 0.964. The molecule has 0 radical (unpaired) electrons. The highest BCUT2D eigenvalue weighted by Gasteiger charge is 2.32. The third-order valence-corrected chi connectivity index (χ3v) is 4.50. The molecule has 3 heterocycles. The van der Waals surface area contributed by atoms with Gasteiger partial charge in [0, 0.05) is 43.4 Å². The Bertz CT molecular complexity index is 502. The molecule has 2 aliphatic rings. The molecule has 0 aliphatic carbocycles. The van der Waals surface area contributed by atoms with Crippen molar-refractivity contribution < 1.29 is 9.90 Å². The fraction of sp³-hybridized carbons (Fsp3) is 0.571. The van der Waals surface area contributed by atoms with E-state index in [0.717, 1.165) is 23.4 Å². The molecule has 2 fully saturated rings. The number of hydrogen-bond donors (Lipinski definition) is 2. The van der Waals surface area contributed by atoms with Crippen LogP contribution in [-0.4, -0.2) is 65.8 Å². The number of β-amino-alcohol motifs (C(OH)–C–C–N with tert-alkyl or cyclic N) is 1. The highest BCUT2D eigenvalue weighted by atomic mass is 79.9. The fourth-order valence-electron chi connectivity index (χ4n) is 2.84. The van der Waals surface area contributed by atoms with Crippen LogP contribution in [0.2, 0.25) is 0 Å². The monoisotopic (exact) mass is 354 g/mol. The number of piperazine rings is 1. The lowest BCUT2D eigenvalue weighted by atomic mass is 10.1. The lowest BCUT2D eigenvalue weighted by Gasteiger charge is -2.36. The molecule has 0 saturated carbocycles. The molecular formula is C14H19BrN4O2. The van der Waals surface area contributed by atoms with Gasteiger partial charge in [0.15, 0.2) is 0 Å². The zero-order chi connectivity index (χ0) is 14.8. The Balaban J connectivity index is 1.55. The van der Waals surface area contributed by atoms with Gasteiger partial charge in [0.1, 0.15) is 5.82 Å².